The number of likely N-dealkylation sites (tertiary alicyclic amines) is 1. The Kier molecular flexibility index (Phi) is 5.47. The van der Waals surface area contributed by atoms with Crippen LogP contribution in [0.1, 0.15) is 42.1 Å². The SMILES string of the molecule is Cc1ccc(C(OCC2CCCCN2C)c2ccccc2)cc1. The summed E-state index contributed by atoms with van der Waals surface area (Å²) >= 11 is 0. The Balaban J connectivity index is 1.76. The summed E-state index contributed by atoms with van der Waals surface area (Å²) in [5.74, 6) is 0. The predicted molar refractivity (Wildman–Crippen MR) is 95.7 cm³/mol. The molecule has 23 heavy (non-hydrogen) atoms. The lowest BCUT2D eigenvalue weighted by atomic mass is 9.99. The molecule has 0 N–H and O–H groups in total. The number of ether oxygens (including phenoxy) is 1. The number of piperidine rings is 1. The molecule has 1 fully saturated rings. The van der Waals surface area contributed by atoms with Crippen LogP contribution in [0.2, 0.25) is 0 Å². The molecule has 0 saturated carbocycles. The molecule has 1 heterocycles. The van der Waals surface area contributed by atoms with Gasteiger partial charge in [0.2, 0.25) is 0 Å². The number of benzene rings is 2. The molecule has 1 saturated heterocycles. The van der Waals surface area contributed by atoms with Crippen LogP contribution >= 0.6 is 0 Å². The molecule has 2 aromatic carbocycles. The Labute approximate surface area is 140 Å². The van der Waals surface area contributed by atoms with E-state index in [4.69, 9.17) is 4.74 Å². The molecule has 0 aliphatic carbocycles. The molecule has 2 heteroatoms. The standard InChI is InChI=1S/C21H27NO/c1-17-11-13-19(14-12-17)21(18-8-4-3-5-9-18)23-16-20-10-6-7-15-22(20)2/h3-5,8-9,11-14,20-21H,6-7,10,15-16H2,1-2H3. The average Bonchev–Trinajstić information content (AvgIpc) is 2.59. The molecule has 0 amide bonds. The Morgan fingerprint density at radius 3 is 2.39 bits per heavy atom. The summed E-state index contributed by atoms with van der Waals surface area (Å²) in [4.78, 5) is 2.45. The van der Waals surface area contributed by atoms with Gasteiger partial charge in [0.05, 0.1) is 6.61 Å². The minimum atomic E-state index is 0.0205. The van der Waals surface area contributed by atoms with Gasteiger partial charge in [-0.3, -0.25) is 0 Å². The predicted octanol–water partition coefficient (Wildman–Crippen LogP) is 4.59. The first-order chi connectivity index (χ1) is 11.2. The molecule has 0 spiro atoms. The second-order valence-corrected chi connectivity index (χ2v) is 6.66. The molecule has 0 aromatic heterocycles. The number of nitrogens with zero attached hydrogens (tertiary/aromatic N) is 1. The molecule has 2 aromatic rings. The van der Waals surface area contributed by atoms with E-state index in [9.17, 15) is 0 Å². The summed E-state index contributed by atoms with van der Waals surface area (Å²) in [5, 5.41) is 0. The van der Waals surface area contributed by atoms with Crippen LogP contribution in [0, 0.1) is 6.92 Å². The van der Waals surface area contributed by atoms with E-state index < -0.39 is 0 Å². The molecular formula is C21H27NO. The third-order valence-electron chi connectivity index (χ3n) is 4.86. The van der Waals surface area contributed by atoms with Crippen molar-refractivity contribution in [1.29, 1.82) is 0 Å². The Hall–Kier alpha value is -1.64. The van der Waals surface area contributed by atoms with Crippen molar-refractivity contribution in [2.45, 2.75) is 38.3 Å². The van der Waals surface area contributed by atoms with Gasteiger partial charge in [0.1, 0.15) is 6.10 Å². The lowest BCUT2D eigenvalue weighted by Gasteiger charge is -2.33. The fraction of sp³-hybridized carbons (Fsp3) is 0.429. The van der Waals surface area contributed by atoms with Crippen LogP contribution in [0.3, 0.4) is 0 Å². The highest BCUT2D eigenvalue weighted by molar-refractivity contribution is 5.31. The number of hydrogen-bond acceptors (Lipinski definition) is 2. The molecule has 3 rings (SSSR count). The van der Waals surface area contributed by atoms with E-state index in [1.807, 2.05) is 0 Å². The molecule has 1 aliphatic heterocycles. The van der Waals surface area contributed by atoms with Gasteiger partial charge in [-0.15, -0.1) is 0 Å². The highest BCUT2D eigenvalue weighted by atomic mass is 16.5. The Bertz CT molecular complexity index is 593. The number of hydrogen-bond donors (Lipinski definition) is 0. The van der Waals surface area contributed by atoms with Crippen LogP contribution < -0.4 is 0 Å². The van der Waals surface area contributed by atoms with Gasteiger partial charge in [0.25, 0.3) is 0 Å². The summed E-state index contributed by atoms with van der Waals surface area (Å²) in [5.41, 5.74) is 3.75. The molecule has 2 atom stereocenters. The van der Waals surface area contributed by atoms with Crippen LogP contribution in [0.4, 0.5) is 0 Å². The van der Waals surface area contributed by atoms with Crippen molar-refractivity contribution in [2.75, 3.05) is 20.2 Å². The number of rotatable bonds is 5. The van der Waals surface area contributed by atoms with Gasteiger partial charge in [0, 0.05) is 6.04 Å². The Morgan fingerprint density at radius 1 is 1.00 bits per heavy atom. The second-order valence-electron chi connectivity index (χ2n) is 6.66. The van der Waals surface area contributed by atoms with E-state index >= 15 is 0 Å². The molecule has 2 nitrogen and oxygen atoms in total. The van der Waals surface area contributed by atoms with Crippen molar-refractivity contribution >= 4 is 0 Å². The third-order valence-corrected chi connectivity index (χ3v) is 4.86. The monoisotopic (exact) mass is 309 g/mol. The quantitative estimate of drug-likeness (QED) is 0.801. The summed E-state index contributed by atoms with van der Waals surface area (Å²) in [6.45, 7) is 4.11. The number of likely N-dealkylation sites (N-methyl/N-ethyl adjacent to an activating group) is 1. The van der Waals surface area contributed by atoms with E-state index in [1.165, 1.54) is 42.5 Å². The van der Waals surface area contributed by atoms with Gasteiger partial charge in [-0.2, -0.15) is 0 Å². The summed E-state index contributed by atoms with van der Waals surface area (Å²) in [6, 6.07) is 19.8. The summed E-state index contributed by atoms with van der Waals surface area (Å²) < 4.78 is 6.42. The van der Waals surface area contributed by atoms with Crippen LogP contribution in [0.15, 0.2) is 54.6 Å². The minimum absolute atomic E-state index is 0.0205. The molecule has 0 radical (unpaired) electrons. The van der Waals surface area contributed by atoms with E-state index in [2.05, 4.69) is 73.5 Å². The van der Waals surface area contributed by atoms with Gasteiger partial charge in [-0.1, -0.05) is 66.6 Å². The second kappa shape index (κ2) is 7.76. The van der Waals surface area contributed by atoms with E-state index in [-0.39, 0.29) is 6.10 Å². The zero-order valence-electron chi connectivity index (χ0n) is 14.2. The van der Waals surface area contributed by atoms with Gasteiger partial charge in [0.15, 0.2) is 0 Å². The lowest BCUT2D eigenvalue weighted by molar-refractivity contribution is 0.0204. The molecule has 122 valence electrons. The van der Waals surface area contributed by atoms with Crippen molar-refractivity contribution in [3.05, 3.63) is 71.3 Å². The first-order valence-corrected chi connectivity index (χ1v) is 8.67. The maximum absolute atomic E-state index is 6.42. The normalized spacial score (nSPS) is 20.3. The van der Waals surface area contributed by atoms with E-state index in [0.29, 0.717) is 6.04 Å². The molecular weight excluding hydrogens is 282 g/mol. The van der Waals surface area contributed by atoms with Crippen molar-refractivity contribution < 1.29 is 4.74 Å². The van der Waals surface area contributed by atoms with Crippen LogP contribution in [-0.4, -0.2) is 31.1 Å². The lowest BCUT2D eigenvalue weighted by Crippen LogP contribution is -2.39. The Morgan fingerprint density at radius 2 is 1.70 bits per heavy atom. The average molecular weight is 309 g/mol. The van der Waals surface area contributed by atoms with Gasteiger partial charge >= 0.3 is 0 Å². The van der Waals surface area contributed by atoms with Crippen molar-refractivity contribution in [3.8, 4) is 0 Å². The summed E-state index contributed by atoms with van der Waals surface area (Å²) in [6.07, 6.45) is 3.89. The van der Waals surface area contributed by atoms with Gasteiger partial charge in [-0.25, -0.2) is 0 Å². The highest BCUT2D eigenvalue weighted by Crippen LogP contribution is 2.27. The maximum atomic E-state index is 6.42. The fourth-order valence-electron chi connectivity index (χ4n) is 3.32. The first-order valence-electron chi connectivity index (χ1n) is 8.67. The highest BCUT2D eigenvalue weighted by Gasteiger charge is 2.22. The van der Waals surface area contributed by atoms with Crippen LogP contribution in [0.5, 0.6) is 0 Å². The van der Waals surface area contributed by atoms with Gasteiger partial charge < -0.3 is 9.64 Å². The zero-order valence-corrected chi connectivity index (χ0v) is 14.2. The van der Waals surface area contributed by atoms with Crippen molar-refractivity contribution in [1.82, 2.24) is 4.90 Å². The minimum Gasteiger partial charge on any atom is -0.367 e. The number of aryl methyl sites for hydroxylation is 1. The largest absolute Gasteiger partial charge is 0.367 e. The molecule has 1 aliphatic rings. The van der Waals surface area contributed by atoms with Crippen LogP contribution in [0.25, 0.3) is 0 Å². The molecule has 2 unspecified atom stereocenters. The van der Waals surface area contributed by atoms with Gasteiger partial charge in [-0.05, 0) is 44.5 Å². The summed E-state index contributed by atoms with van der Waals surface area (Å²) in [7, 11) is 2.22. The first kappa shape index (κ1) is 16.2. The van der Waals surface area contributed by atoms with Crippen molar-refractivity contribution in [2.24, 2.45) is 0 Å². The molecule has 0 bridgehead atoms. The fourth-order valence-corrected chi connectivity index (χ4v) is 3.32. The zero-order chi connectivity index (χ0) is 16.1. The topological polar surface area (TPSA) is 12.5 Å². The van der Waals surface area contributed by atoms with Crippen molar-refractivity contribution in [3.63, 3.8) is 0 Å². The third kappa shape index (κ3) is 4.21. The smallest absolute Gasteiger partial charge is 0.108 e. The van der Waals surface area contributed by atoms with E-state index in [1.54, 1.807) is 0 Å². The van der Waals surface area contributed by atoms with Crippen LogP contribution in [-0.2, 0) is 4.74 Å². The maximum Gasteiger partial charge on any atom is 0.108 e. The van der Waals surface area contributed by atoms with E-state index in [0.717, 1.165) is 6.61 Å².